The maximum absolute atomic E-state index is 10.2. The van der Waals surface area contributed by atoms with Crippen LogP contribution in [0.5, 0.6) is 0 Å². The highest BCUT2D eigenvalue weighted by Crippen LogP contribution is 2.22. The van der Waals surface area contributed by atoms with Gasteiger partial charge < -0.3 is 21.1 Å². The van der Waals surface area contributed by atoms with Gasteiger partial charge in [-0.3, -0.25) is 4.90 Å². The summed E-state index contributed by atoms with van der Waals surface area (Å²) in [5.74, 6) is 0. The fourth-order valence-electron chi connectivity index (χ4n) is 3.13. The van der Waals surface area contributed by atoms with Crippen LogP contribution in [0, 0.1) is 0 Å². The topological polar surface area (TPSA) is 59.6 Å². The Morgan fingerprint density at radius 1 is 0.737 bits per heavy atom. The van der Waals surface area contributed by atoms with E-state index in [0.717, 1.165) is 65.2 Å². The lowest BCUT2D eigenvalue weighted by Gasteiger charge is -2.38. The second-order valence-electron chi connectivity index (χ2n) is 5.71. The molecule has 0 aromatic rings. The summed E-state index contributed by atoms with van der Waals surface area (Å²) in [6.07, 6.45) is 4.47. The Hall–Kier alpha value is -0.200. The van der Waals surface area contributed by atoms with E-state index in [2.05, 4.69) is 20.9 Å². The van der Waals surface area contributed by atoms with Gasteiger partial charge in [-0.05, 0) is 12.8 Å². The van der Waals surface area contributed by atoms with Crippen molar-refractivity contribution >= 4 is 0 Å². The number of nitrogens with one attached hydrogen (secondary N) is 3. The molecular formula is C14H30N4O. The normalized spacial score (nSPS) is 33.3. The van der Waals surface area contributed by atoms with Crippen molar-refractivity contribution in [3.8, 4) is 0 Å². The van der Waals surface area contributed by atoms with Crippen LogP contribution < -0.4 is 16.0 Å². The molecule has 4 N–H and O–H groups in total. The molecule has 2 atom stereocenters. The van der Waals surface area contributed by atoms with E-state index in [9.17, 15) is 5.11 Å². The Morgan fingerprint density at radius 3 is 1.84 bits per heavy atom. The summed E-state index contributed by atoms with van der Waals surface area (Å²) in [5, 5.41) is 20.6. The molecule has 1 aliphatic heterocycles. The molecule has 0 amide bonds. The summed E-state index contributed by atoms with van der Waals surface area (Å²) in [4.78, 5) is 2.48. The molecule has 2 rings (SSSR count). The van der Waals surface area contributed by atoms with Gasteiger partial charge in [-0.2, -0.15) is 0 Å². The SMILES string of the molecule is OC1CCCCC1N1CCNCCNCCNCC1. The molecule has 0 radical (unpaired) electrons. The average Bonchev–Trinajstić information content (AvgIpc) is 2.40. The first-order chi connectivity index (χ1) is 9.38. The molecule has 1 heterocycles. The summed E-state index contributed by atoms with van der Waals surface area (Å²) in [7, 11) is 0. The van der Waals surface area contributed by atoms with Crippen LogP contribution in [-0.2, 0) is 0 Å². The van der Waals surface area contributed by atoms with Crippen LogP contribution in [0.1, 0.15) is 25.7 Å². The first-order valence-electron chi connectivity index (χ1n) is 7.92. The molecule has 5 heteroatoms. The van der Waals surface area contributed by atoms with Crippen molar-refractivity contribution in [2.45, 2.75) is 37.8 Å². The van der Waals surface area contributed by atoms with Gasteiger partial charge in [0, 0.05) is 58.4 Å². The lowest BCUT2D eigenvalue weighted by molar-refractivity contribution is 0.0206. The van der Waals surface area contributed by atoms with Gasteiger partial charge >= 0.3 is 0 Å². The van der Waals surface area contributed by atoms with E-state index in [1.165, 1.54) is 12.8 Å². The average molecular weight is 270 g/mol. The van der Waals surface area contributed by atoms with Crippen molar-refractivity contribution in [1.29, 1.82) is 0 Å². The van der Waals surface area contributed by atoms with E-state index in [1.54, 1.807) is 0 Å². The molecule has 2 aliphatic rings. The second-order valence-corrected chi connectivity index (χ2v) is 5.71. The van der Waals surface area contributed by atoms with Crippen LogP contribution in [0.15, 0.2) is 0 Å². The van der Waals surface area contributed by atoms with Crippen molar-refractivity contribution in [3.05, 3.63) is 0 Å². The molecule has 0 aromatic carbocycles. The Bertz CT molecular complexity index is 227. The van der Waals surface area contributed by atoms with Crippen molar-refractivity contribution in [1.82, 2.24) is 20.9 Å². The molecule has 1 saturated carbocycles. The van der Waals surface area contributed by atoms with Gasteiger partial charge in [0.25, 0.3) is 0 Å². The number of rotatable bonds is 1. The lowest BCUT2D eigenvalue weighted by Crippen LogP contribution is -2.50. The number of aliphatic hydroxyl groups is 1. The van der Waals surface area contributed by atoms with Crippen molar-refractivity contribution in [2.24, 2.45) is 0 Å². The Labute approximate surface area is 117 Å². The van der Waals surface area contributed by atoms with E-state index in [0.29, 0.717) is 6.04 Å². The smallest absolute Gasteiger partial charge is 0.0695 e. The summed E-state index contributed by atoms with van der Waals surface area (Å²) < 4.78 is 0. The molecule has 0 aromatic heterocycles. The molecule has 112 valence electrons. The number of hydrogen-bond donors (Lipinski definition) is 4. The maximum atomic E-state index is 10.2. The highest BCUT2D eigenvalue weighted by Gasteiger charge is 2.28. The van der Waals surface area contributed by atoms with Gasteiger partial charge in [0.1, 0.15) is 0 Å². The van der Waals surface area contributed by atoms with Gasteiger partial charge in [0.15, 0.2) is 0 Å². The van der Waals surface area contributed by atoms with Crippen LogP contribution in [0.3, 0.4) is 0 Å². The standard InChI is InChI=1S/C14H30N4O/c19-14-4-2-1-3-13(14)18-11-9-16-7-5-15-6-8-17-10-12-18/h13-17,19H,1-12H2. The molecule has 5 nitrogen and oxygen atoms in total. The van der Waals surface area contributed by atoms with Crippen LogP contribution in [0.4, 0.5) is 0 Å². The predicted molar refractivity (Wildman–Crippen MR) is 78.4 cm³/mol. The van der Waals surface area contributed by atoms with Crippen LogP contribution in [0.25, 0.3) is 0 Å². The third-order valence-electron chi connectivity index (χ3n) is 4.27. The van der Waals surface area contributed by atoms with Crippen LogP contribution in [-0.4, -0.2) is 74.5 Å². The fraction of sp³-hybridized carbons (Fsp3) is 1.00. The molecule has 0 bridgehead atoms. The molecule has 0 spiro atoms. The van der Waals surface area contributed by atoms with Crippen LogP contribution in [0.2, 0.25) is 0 Å². The highest BCUT2D eigenvalue weighted by molar-refractivity contribution is 4.84. The maximum Gasteiger partial charge on any atom is 0.0695 e. The minimum Gasteiger partial charge on any atom is -0.391 e. The molecule has 1 saturated heterocycles. The molecule has 2 fully saturated rings. The minimum absolute atomic E-state index is 0.122. The summed E-state index contributed by atoms with van der Waals surface area (Å²) in [6.45, 7) is 8.26. The predicted octanol–water partition coefficient (Wildman–Crippen LogP) is -0.626. The number of nitrogens with zero attached hydrogens (tertiary/aromatic N) is 1. The molecular weight excluding hydrogens is 240 g/mol. The van der Waals surface area contributed by atoms with Gasteiger partial charge in [-0.15, -0.1) is 0 Å². The minimum atomic E-state index is -0.122. The van der Waals surface area contributed by atoms with Gasteiger partial charge in [-0.25, -0.2) is 0 Å². The zero-order valence-corrected chi connectivity index (χ0v) is 12.0. The Balaban J connectivity index is 1.83. The first kappa shape index (κ1) is 15.2. The molecule has 19 heavy (non-hydrogen) atoms. The Kier molecular flexibility index (Phi) is 7.09. The van der Waals surface area contributed by atoms with E-state index >= 15 is 0 Å². The van der Waals surface area contributed by atoms with E-state index in [-0.39, 0.29) is 6.10 Å². The van der Waals surface area contributed by atoms with Crippen LogP contribution >= 0.6 is 0 Å². The van der Waals surface area contributed by atoms with E-state index < -0.39 is 0 Å². The zero-order chi connectivity index (χ0) is 13.3. The number of aliphatic hydroxyl groups excluding tert-OH is 1. The monoisotopic (exact) mass is 270 g/mol. The summed E-state index contributed by atoms with van der Waals surface area (Å²) in [6, 6.07) is 0.374. The quantitative estimate of drug-likeness (QED) is 0.511. The van der Waals surface area contributed by atoms with Crippen molar-refractivity contribution in [3.63, 3.8) is 0 Å². The Morgan fingerprint density at radius 2 is 1.26 bits per heavy atom. The lowest BCUT2D eigenvalue weighted by atomic mass is 9.91. The zero-order valence-electron chi connectivity index (χ0n) is 12.0. The molecule has 2 unspecified atom stereocenters. The third kappa shape index (κ3) is 5.36. The van der Waals surface area contributed by atoms with E-state index in [1.807, 2.05) is 0 Å². The first-order valence-corrected chi connectivity index (χ1v) is 7.92. The van der Waals surface area contributed by atoms with E-state index in [4.69, 9.17) is 0 Å². The number of hydrogen-bond acceptors (Lipinski definition) is 5. The van der Waals surface area contributed by atoms with Gasteiger partial charge in [0.05, 0.1) is 6.10 Å². The van der Waals surface area contributed by atoms with Gasteiger partial charge in [0.2, 0.25) is 0 Å². The third-order valence-corrected chi connectivity index (χ3v) is 4.27. The highest BCUT2D eigenvalue weighted by atomic mass is 16.3. The molecule has 1 aliphatic carbocycles. The second kappa shape index (κ2) is 8.87. The summed E-state index contributed by atoms with van der Waals surface area (Å²) in [5.41, 5.74) is 0. The largest absolute Gasteiger partial charge is 0.391 e. The summed E-state index contributed by atoms with van der Waals surface area (Å²) >= 11 is 0. The van der Waals surface area contributed by atoms with Crippen molar-refractivity contribution in [2.75, 3.05) is 52.4 Å². The van der Waals surface area contributed by atoms with Gasteiger partial charge in [-0.1, -0.05) is 12.8 Å². The van der Waals surface area contributed by atoms with Crippen molar-refractivity contribution < 1.29 is 5.11 Å². The fourth-order valence-corrected chi connectivity index (χ4v) is 3.13.